The molecule has 1 unspecified atom stereocenters. The maximum Gasteiger partial charge on any atom is 0.235 e. The lowest BCUT2D eigenvalue weighted by atomic mass is 10.3. The van der Waals surface area contributed by atoms with E-state index in [1.165, 1.54) is 0 Å². The van der Waals surface area contributed by atoms with Crippen molar-refractivity contribution in [2.24, 2.45) is 0 Å². The van der Waals surface area contributed by atoms with Gasteiger partial charge in [-0.3, -0.25) is 9.59 Å². The highest BCUT2D eigenvalue weighted by atomic mass is 32.2. The van der Waals surface area contributed by atoms with Crippen LogP contribution in [0.5, 0.6) is 0 Å². The van der Waals surface area contributed by atoms with Crippen LogP contribution in [0.25, 0.3) is 0 Å². The molecule has 0 rings (SSSR count). The predicted molar refractivity (Wildman–Crippen MR) is 74.3 cm³/mol. The van der Waals surface area contributed by atoms with Gasteiger partial charge in [-0.1, -0.05) is 6.58 Å². The minimum atomic E-state index is -3.63. The Morgan fingerprint density at radius 3 is 2.15 bits per heavy atom. The first-order chi connectivity index (χ1) is 8.95. The van der Waals surface area contributed by atoms with Gasteiger partial charge in [0.25, 0.3) is 0 Å². The van der Waals surface area contributed by atoms with Gasteiger partial charge in [-0.2, -0.15) is 0 Å². The fraction of sp³-hybridized carbons (Fsp3) is 0.600. The smallest absolute Gasteiger partial charge is 0.235 e. The van der Waals surface area contributed by atoms with Crippen molar-refractivity contribution < 1.29 is 26.4 Å². The Kier molecular flexibility index (Phi) is 6.86. The van der Waals surface area contributed by atoms with Crippen molar-refractivity contribution in [2.75, 3.05) is 24.3 Å². The summed E-state index contributed by atoms with van der Waals surface area (Å²) in [5.74, 6) is -2.78. The normalized spacial score (nSPS) is 13.3. The molecular weight excluding hydrogens is 308 g/mol. The second kappa shape index (κ2) is 7.39. The van der Waals surface area contributed by atoms with Crippen molar-refractivity contribution >= 4 is 31.5 Å². The van der Waals surface area contributed by atoms with Gasteiger partial charge in [0.2, 0.25) is 11.8 Å². The topological polar surface area (TPSA) is 126 Å². The van der Waals surface area contributed by atoms with Crippen LogP contribution in [0.15, 0.2) is 12.0 Å². The van der Waals surface area contributed by atoms with Crippen LogP contribution in [0.1, 0.15) is 6.92 Å². The van der Waals surface area contributed by atoms with E-state index in [0.29, 0.717) is 5.41 Å². The quantitative estimate of drug-likeness (QED) is 0.542. The maximum atomic E-state index is 11.3. The zero-order chi connectivity index (χ0) is 16.0. The number of nitrogens with one attached hydrogen (secondary N) is 2. The first kappa shape index (κ1) is 18.6. The first-order valence-electron chi connectivity index (χ1n) is 5.54. The fourth-order valence-electron chi connectivity index (χ4n) is 1.17. The molecule has 0 saturated carbocycles. The summed E-state index contributed by atoms with van der Waals surface area (Å²) < 4.78 is 43.9. The van der Waals surface area contributed by atoms with Crippen molar-refractivity contribution in [1.29, 1.82) is 0 Å². The summed E-state index contributed by atoms with van der Waals surface area (Å²) in [7, 11) is -7.05. The molecule has 0 aromatic heterocycles. The van der Waals surface area contributed by atoms with Crippen LogP contribution in [0.3, 0.4) is 0 Å². The number of sulfone groups is 2. The van der Waals surface area contributed by atoms with E-state index in [9.17, 15) is 26.4 Å². The number of carbonyl (C=O) groups excluding carboxylic acids is 2. The molecule has 0 aliphatic rings. The van der Waals surface area contributed by atoms with E-state index in [1.807, 2.05) is 0 Å². The van der Waals surface area contributed by atoms with Crippen molar-refractivity contribution in [3.05, 3.63) is 12.0 Å². The molecule has 0 spiro atoms. The van der Waals surface area contributed by atoms with E-state index in [0.717, 1.165) is 6.26 Å². The van der Waals surface area contributed by atoms with Crippen LogP contribution in [-0.4, -0.2) is 59.0 Å². The monoisotopic (exact) mass is 326 g/mol. The molecule has 0 fully saturated rings. The van der Waals surface area contributed by atoms with Gasteiger partial charge in [0.05, 0.1) is 0 Å². The molecule has 0 heterocycles. The number of carbonyl (C=O) groups is 2. The van der Waals surface area contributed by atoms with Crippen LogP contribution in [-0.2, 0) is 29.3 Å². The van der Waals surface area contributed by atoms with Gasteiger partial charge in [0.1, 0.15) is 11.5 Å². The van der Waals surface area contributed by atoms with E-state index in [1.54, 1.807) is 6.92 Å². The molecule has 0 aliphatic carbocycles. The summed E-state index contributed by atoms with van der Waals surface area (Å²) in [6.45, 7) is 4.60. The third-order valence-corrected chi connectivity index (χ3v) is 3.95. The number of rotatable bonds is 8. The summed E-state index contributed by atoms with van der Waals surface area (Å²) >= 11 is 0. The van der Waals surface area contributed by atoms with E-state index in [-0.39, 0.29) is 6.54 Å². The number of amides is 2. The molecule has 0 aromatic carbocycles. The third kappa shape index (κ3) is 9.50. The fourth-order valence-corrected chi connectivity index (χ4v) is 2.31. The lowest BCUT2D eigenvalue weighted by Crippen LogP contribution is -2.44. The maximum absolute atomic E-state index is 11.3. The van der Waals surface area contributed by atoms with Gasteiger partial charge in [-0.05, 0) is 6.92 Å². The molecule has 0 bridgehead atoms. The van der Waals surface area contributed by atoms with Gasteiger partial charge >= 0.3 is 0 Å². The van der Waals surface area contributed by atoms with Gasteiger partial charge in [-0.15, -0.1) is 0 Å². The first-order valence-corrected chi connectivity index (χ1v) is 9.32. The molecule has 0 aromatic rings. The molecule has 20 heavy (non-hydrogen) atoms. The Morgan fingerprint density at radius 1 is 1.15 bits per heavy atom. The standard InChI is InChI=1S/C10H18N2O6S2/c1-4-20(17,18)7-9(13)11-5-8(2)12-10(14)6-19(3,15)16/h4,8H,1,5-7H2,2-3H3,(H,11,13)(H,12,14). The minimum absolute atomic E-state index is 0.0129. The molecule has 2 N–H and O–H groups in total. The van der Waals surface area contributed by atoms with Crippen molar-refractivity contribution in [3.63, 3.8) is 0 Å². The molecular formula is C10H18N2O6S2. The van der Waals surface area contributed by atoms with Gasteiger partial charge < -0.3 is 10.6 Å². The van der Waals surface area contributed by atoms with Gasteiger partial charge in [-0.25, -0.2) is 16.8 Å². The molecule has 0 saturated heterocycles. The third-order valence-electron chi connectivity index (χ3n) is 1.99. The van der Waals surface area contributed by atoms with E-state index < -0.39 is 49.0 Å². The summed E-state index contributed by atoms with van der Waals surface area (Å²) in [5, 5.41) is 5.36. The summed E-state index contributed by atoms with van der Waals surface area (Å²) in [6.07, 6.45) is 0.930. The lowest BCUT2D eigenvalue weighted by molar-refractivity contribution is -0.121. The van der Waals surface area contributed by atoms with Gasteiger partial charge in [0, 0.05) is 24.3 Å². The number of hydrogen-bond donors (Lipinski definition) is 2. The summed E-state index contributed by atoms with van der Waals surface area (Å²) in [4.78, 5) is 22.6. The van der Waals surface area contributed by atoms with Crippen LogP contribution >= 0.6 is 0 Å². The van der Waals surface area contributed by atoms with Crippen LogP contribution < -0.4 is 10.6 Å². The van der Waals surface area contributed by atoms with Crippen LogP contribution in [0.2, 0.25) is 0 Å². The molecule has 0 aliphatic heterocycles. The Labute approximate surface area is 118 Å². The molecule has 8 nitrogen and oxygen atoms in total. The Bertz CT molecular complexity index is 579. The summed E-state index contributed by atoms with van der Waals surface area (Å²) in [5.41, 5.74) is 0. The average molecular weight is 326 g/mol. The van der Waals surface area contributed by atoms with Crippen molar-refractivity contribution in [2.45, 2.75) is 13.0 Å². The van der Waals surface area contributed by atoms with Crippen LogP contribution in [0.4, 0.5) is 0 Å². The van der Waals surface area contributed by atoms with Crippen molar-refractivity contribution in [1.82, 2.24) is 10.6 Å². The molecule has 2 amide bonds. The predicted octanol–water partition coefficient (Wildman–Crippen LogP) is -1.79. The van der Waals surface area contributed by atoms with E-state index in [2.05, 4.69) is 17.2 Å². The molecule has 10 heteroatoms. The molecule has 1 atom stereocenters. The van der Waals surface area contributed by atoms with E-state index in [4.69, 9.17) is 0 Å². The second-order valence-corrected chi connectivity index (χ2v) is 8.40. The highest BCUT2D eigenvalue weighted by Crippen LogP contribution is 1.90. The van der Waals surface area contributed by atoms with E-state index >= 15 is 0 Å². The Morgan fingerprint density at radius 2 is 1.70 bits per heavy atom. The molecule has 116 valence electrons. The largest absolute Gasteiger partial charge is 0.353 e. The summed E-state index contributed by atoms with van der Waals surface area (Å²) in [6, 6.07) is -0.528. The minimum Gasteiger partial charge on any atom is -0.353 e. The number of hydrogen-bond acceptors (Lipinski definition) is 6. The highest BCUT2D eigenvalue weighted by molar-refractivity contribution is 7.94. The zero-order valence-corrected chi connectivity index (χ0v) is 12.9. The van der Waals surface area contributed by atoms with Crippen molar-refractivity contribution in [3.8, 4) is 0 Å². The second-order valence-electron chi connectivity index (χ2n) is 4.32. The Balaban J connectivity index is 4.18. The highest BCUT2D eigenvalue weighted by Gasteiger charge is 2.16. The van der Waals surface area contributed by atoms with Gasteiger partial charge in [0.15, 0.2) is 19.7 Å². The zero-order valence-electron chi connectivity index (χ0n) is 11.2. The SMILES string of the molecule is C=CS(=O)(=O)CC(=O)NCC(C)NC(=O)CS(C)(=O)=O. The molecule has 0 radical (unpaired) electrons. The van der Waals surface area contributed by atoms with Crippen LogP contribution in [0, 0.1) is 0 Å². The Hall–Kier alpha value is -1.42. The lowest BCUT2D eigenvalue weighted by Gasteiger charge is -2.14. The average Bonchev–Trinajstić information content (AvgIpc) is 2.23.